The van der Waals surface area contributed by atoms with E-state index in [2.05, 4.69) is 15.8 Å². The van der Waals surface area contributed by atoms with E-state index < -0.39 is 11.8 Å². The average Bonchev–Trinajstić information content (AvgIpc) is 3.37. The van der Waals surface area contributed by atoms with Gasteiger partial charge in [-0.2, -0.15) is 5.10 Å². The first-order valence-electron chi connectivity index (χ1n) is 11.2. The van der Waals surface area contributed by atoms with Crippen LogP contribution < -0.4 is 29.7 Å². The molecule has 3 aromatic carbocycles. The highest BCUT2D eigenvalue weighted by Gasteiger charge is 2.17. The Morgan fingerprint density at radius 3 is 2.53 bits per heavy atom. The lowest BCUT2D eigenvalue weighted by molar-refractivity contribution is -0.117. The Hall–Kier alpha value is -4.79. The molecule has 0 fully saturated rings. The lowest BCUT2D eigenvalue weighted by Gasteiger charge is -2.10. The molecule has 0 atom stereocenters. The number of carbonyl (C=O) groups excluding carboxylic acids is 2. The summed E-state index contributed by atoms with van der Waals surface area (Å²) >= 11 is 0. The molecule has 1 aliphatic heterocycles. The smallest absolute Gasteiger partial charge is 0.287 e. The monoisotopic (exact) mass is 487 g/mol. The van der Waals surface area contributed by atoms with Crippen LogP contribution >= 0.6 is 0 Å². The number of hydrogen-bond donors (Lipinski definition) is 2. The van der Waals surface area contributed by atoms with E-state index in [9.17, 15) is 9.59 Å². The van der Waals surface area contributed by atoms with E-state index in [1.54, 1.807) is 73.8 Å². The lowest BCUT2D eigenvalue weighted by atomic mass is 10.1. The molecule has 3 aromatic rings. The second kappa shape index (κ2) is 11.6. The molecule has 1 aliphatic rings. The van der Waals surface area contributed by atoms with Crippen LogP contribution in [0.3, 0.4) is 0 Å². The van der Waals surface area contributed by atoms with Crippen molar-refractivity contribution in [1.29, 1.82) is 0 Å². The van der Waals surface area contributed by atoms with E-state index in [-0.39, 0.29) is 12.5 Å². The molecular formula is C27H25N3O6. The fourth-order valence-electron chi connectivity index (χ4n) is 3.38. The Morgan fingerprint density at radius 1 is 0.972 bits per heavy atom. The molecule has 0 aromatic heterocycles. The Morgan fingerprint density at radius 2 is 1.75 bits per heavy atom. The maximum Gasteiger partial charge on any atom is 0.287 e. The van der Waals surface area contributed by atoms with Gasteiger partial charge in [-0.3, -0.25) is 9.59 Å². The highest BCUT2D eigenvalue weighted by atomic mass is 16.7. The molecule has 9 nitrogen and oxygen atoms in total. The molecule has 0 saturated heterocycles. The van der Waals surface area contributed by atoms with E-state index in [4.69, 9.17) is 18.9 Å². The van der Waals surface area contributed by atoms with Crippen LogP contribution in [0.4, 0.5) is 0 Å². The van der Waals surface area contributed by atoms with Crippen molar-refractivity contribution in [3.05, 3.63) is 89.1 Å². The number of fused-ring (bicyclic) bond motifs is 1. The maximum atomic E-state index is 13.0. The number of nitrogens with one attached hydrogen (secondary N) is 2. The van der Waals surface area contributed by atoms with Crippen molar-refractivity contribution in [2.75, 3.05) is 20.5 Å². The Labute approximate surface area is 208 Å². The predicted octanol–water partition coefficient (Wildman–Crippen LogP) is 3.74. The minimum absolute atomic E-state index is 0.00384. The first-order chi connectivity index (χ1) is 17.6. The third-order valence-electron chi connectivity index (χ3n) is 5.10. The fourth-order valence-corrected chi connectivity index (χ4v) is 3.38. The number of hydrogen-bond acceptors (Lipinski definition) is 7. The van der Waals surface area contributed by atoms with Gasteiger partial charge in [0.15, 0.2) is 23.0 Å². The van der Waals surface area contributed by atoms with Crippen molar-refractivity contribution in [3.8, 4) is 23.0 Å². The molecule has 36 heavy (non-hydrogen) atoms. The SMILES string of the molecule is CCOc1ccc(/C=N/NC(=O)/C(=C\c2ccc3c(c2)OCO3)NC(=O)c2ccccc2)cc1OC. The second-order valence-electron chi connectivity index (χ2n) is 7.53. The van der Waals surface area contributed by atoms with Crippen LogP contribution in [0, 0.1) is 0 Å². The summed E-state index contributed by atoms with van der Waals surface area (Å²) in [5, 5.41) is 6.70. The van der Waals surface area contributed by atoms with Crippen molar-refractivity contribution in [3.63, 3.8) is 0 Å². The molecule has 0 aliphatic carbocycles. The second-order valence-corrected chi connectivity index (χ2v) is 7.53. The highest BCUT2D eigenvalue weighted by Crippen LogP contribution is 2.33. The zero-order valence-corrected chi connectivity index (χ0v) is 19.8. The zero-order chi connectivity index (χ0) is 25.3. The van der Waals surface area contributed by atoms with E-state index in [1.165, 1.54) is 12.3 Å². The number of benzene rings is 3. The molecule has 2 N–H and O–H groups in total. The van der Waals surface area contributed by atoms with Crippen LogP contribution in [0.15, 0.2) is 77.5 Å². The number of methoxy groups -OCH3 is 1. The fraction of sp³-hybridized carbons (Fsp3) is 0.148. The number of hydrazone groups is 1. The van der Waals surface area contributed by atoms with Crippen molar-refractivity contribution < 1.29 is 28.5 Å². The van der Waals surface area contributed by atoms with Crippen LogP contribution in [-0.2, 0) is 4.79 Å². The minimum Gasteiger partial charge on any atom is -0.493 e. The van der Waals surface area contributed by atoms with Crippen molar-refractivity contribution in [2.24, 2.45) is 5.10 Å². The molecular weight excluding hydrogens is 462 g/mol. The van der Waals surface area contributed by atoms with Crippen LogP contribution in [0.2, 0.25) is 0 Å². The third kappa shape index (κ3) is 6.01. The zero-order valence-electron chi connectivity index (χ0n) is 19.8. The van der Waals surface area contributed by atoms with Gasteiger partial charge in [-0.05, 0) is 66.6 Å². The van der Waals surface area contributed by atoms with E-state index >= 15 is 0 Å². The van der Waals surface area contributed by atoms with Gasteiger partial charge in [-0.25, -0.2) is 5.43 Å². The summed E-state index contributed by atoms with van der Waals surface area (Å²) in [6.07, 6.45) is 3.00. The van der Waals surface area contributed by atoms with Gasteiger partial charge in [0.2, 0.25) is 6.79 Å². The molecule has 1 heterocycles. The van der Waals surface area contributed by atoms with Gasteiger partial charge in [0.05, 0.1) is 19.9 Å². The lowest BCUT2D eigenvalue weighted by Crippen LogP contribution is -2.32. The van der Waals surface area contributed by atoms with Crippen molar-refractivity contribution in [2.45, 2.75) is 6.92 Å². The van der Waals surface area contributed by atoms with Crippen molar-refractivity contribution in [1.82, 2.24) is 10.7 Å². The minimum atomic E-state index is -0.605. The topological polar surface area (TPSA) is 107 Å². The summed E-state index contributed by atoms with van der Waals surface area (Å²) in [6.45, 7) is 2.52. The van der Waals surface area contributed by atoms with Crippen LogP contribution in [0.25, 0.3) is 6.08 Å². The van der Waals surface area contributed by atoms with E-state index in [1.807, 2.05) is 6.92 Å². The summed E-state index contributed by atoms with van der Waals surface area (Å²) < 4.78 is 21.6. The van der Waals surface area contributed by atoms with Gasteiger partial charge in [-0.1, -0.05) is 24.3 Å². The van der Waals surface area contributed by atoms with E-state index in [0.29, 0.717) is 46.3 Å². The Bertz CT molecular complexity index is 1300. The molecule has 0 saturated carbocycles. The van der Waals surface area contributed by atoms with Gasteiger partial charge >= 0.3 is 0 Å². The molecule has 2 amide bonds. The summed E-state index contributed by atoms with van der Waals surface area (Å²) in [5.74, 6) is 1.29. The van der Waals surface area contributed by atoms with Gasteiger partial charge in [-0.15, -0.1) is 0 Å². The van der Waals surface area contributed by atoms with Gasteiger partial charge < -0.3 is 24.3 Å². The quantitative estimate of drug-likeness (QED) is 0.271. The van der Waals surface area contributed by atoms with Gasteiger partial charge in [0.1, 0.15) is 5.70 Å². The predicted molar refractivity (Wildman–Crippen MR) is 134 cm³/mol. The standard InChI is InChI=1S/C27H25N3O6/c1-3-34-22-12-10-19(15-24(22)33-2)16-28-30-27(32)21(29-26(31)20-7-5-4-6-8-20)13-18-9-11-23-25(14-18)36-17-35-23/h4-16H,3,17H2,1-2H3,(H,29,31)(H,30,32)/b21-13+,28-16+. The number of rotatable bonds is 9. The van der Waals surface area contributed by atoms with Crippen LogP contribution in [-0.4, -0.2) is 38.5 Å². The molecule has 0 bridgehead atoms. The van der Waals surface area contributed by atoms with Crippen LogP contribution in [0.1, 0.15) is 28.4 Å². The Kier molecular flexibility index (Phi) is 7.82. The van der Waals surface area contributed by atoms with Gasteiger partial charge in [0, 0.05) is 5.56 Å². The summed E-state index contributed by atoms with van der Waals surface area (Å²) in [4.78, 5) is 25.7. The first-order valence-corrected chi connectivity index (χ1v) is 11.2. The van der Waals surface area contributed by atoms with E-state index in [0.717, 1.165) is 0 Å². The normalized spacial score (nSPS) is 12.3. The first kappa shape index (κ1) is 24.3. The number of carbonyl (C=O) groups is 2. The number of amides is 2. The number of ether oxygens (including phenoxy) is 4. The molecule has 0 spiro atoms. The third-order valence-corrected chi connectivity index (χ3v) is 5.10. The van der Waals surface area contributed by atoms with Crippen molar-refractivity contribution >= 4 is 24.1 Å². The molecule has 4 rings (SSSR count). The molecule has 184 valence electrons. The maximum absolute atomic E-state index is 13.0. The Balaban J connectivity index is 1.53. The summed E-state index contributed by atoms with van der Waals surface area (Å²) in [7, 11) is 1.54. The largest absolute Gasteiger partial charge is 0.493 e. The summed E-state index contributed by atoms with van der Waals surface area (Å²) in [5.41, 5.74) is 4.19. The van der Waals surface area contributed by atoms with Gasteiger partial charge in [0.25, 0.3) is 11.8 Å². The highest BCUT2D eigenvalue weighted by molar-refractivity contribution is 6.05. The summed E-state index contributed by atoms with van der Waals surface area (Å²) in [6, 6.07) is 19.1. The van der Waals surface area contributed by atoms with Crippen LogP contribution in [0.5, 0.6) is 23.0 Å². The average molecular weight is 488 g/mol. The molecule has 0 unspecified atom stereocenters. The molecule has 9 heteroatoms. The number of nitrogens with zero attached hydrogens (tertiary/aromatic N) is 1. The molecule has 0 radical (unpaired) electrons.